The molecular formula is C17H26N2. The Morgan fingerprint density at radius 1 is 1.26 bits per heavy atom. The van der Waals surface area contributed by atoms with E-state index in [1.807, 2.05) is 0 Å². The Bertz CT molecular complexity index is 478. The summed E-state index contributed by atoms with van der Waals surface area (Å²) in [4.78, 5) is 2.70. The normalized spacial score (nSPS) is 29.7. The van der Waals surface area contributed by atoms with Crippen LogP contribution in [0.4, 0.5) is 0 Å². The van der Waals surface area contributed by atoms with Crippen molar-refractivity contribution in [2.75, 3.05) is 19.6 Å². The fourth-order valence-corrected chi connectivity index (χ4v) is 3.96. The molecule has 0 saturated carbocycles. The van der Waals surface area contributed by atoms with Gasteiger partial charge in [-0.25, -0.2) is 0 Å². The van der Waals surface area contributed by atoms with Crippen LogP contribution in [0.2, 0.25) is 0 Å². The van der Waals surface area contributed by atoms with Gasteiger partial charge in [0.05, 0.1) is 0 Å². The van der Waals surface area contributed by atoms with Crippen LogP contribution < -0.4 is 5.32 Å². The lowest BCUT2D eigenvalue weighted by Gasteiger charge is -2.36. The second-order valence-corrected chi connectivity index (χ2v) is 6.92. The second-order valence-electron chi connectivity index (χ2n) is 6.92. The van der Waals surface area contributed by atoms with Gasteiger partial charge in [0.15, 0.2) is 0 Å². The van der Waals surface area contributed by atoms with Crippen LogP contribution in [0.15, 0.2) is 18.2 Å². The molecule has 0 amide bonds. The zero-order chi connectivity index (χ0) is 13.6. The third kappa shape index (κ3) is 2.11. The first kappa shape index (κ1) is 13.1. The second kappa shape index (κ2) is 4.60. The first-order valence-electron chi connectivity index (χ1n) is 7.51. The minimum Gasteiger partial charge on any atom is -0.316 e. The molecule has 0 bridgehead atoms. The van der Waals surface area contributed by atoms with Crippen LogP contribution in [0.3, 0.4) is 0 Å². The van der Waals surface area contributed by atoms with Gasteiger partial charge in [0.1, 0.15) is 0 Å². The summed E-state index contributed by atoms with van der Waals surface area (Å²) in [5.74, 6) is 1.66. The number of aryl methyl sites for hydroxylation is 1. The van der Waals surface area contributed by atoms with Gasteiger partial charge in [-0.1, -0.05) is 18.2 Å². The maximum atomic E-state index is 3.56. The van der Waals surface area contributed by atoms with Crippen LogP contribution in [0, 0.1) is 25.7 Å². The first-order valence-corrected chi connectivity index (χ1v) is 7.51. The van der Waals surface area contributed by atoms with E-state index in [0.29, 0.717) is 5.54 Å². The molecule has 19 heavy (non-hydrogen) atoms. The number of hydrogen-bond donors (Lipinski definition) is 1. The zero-order valence-electron chi connectivity index (χ0n) is 12.7. The number of rotatable bonds is 2. The fourth-order valence-electron chi connectivity index (χ4n) is 3.96. The Balaban J connectivity index is 1.82. The van der Waals surface area contributed by atoms with Gasteiger partial charge in [0, 0.05) is 25.2 Å². The highest BCUT2D eigenvalue weighted by molar-refractivity contribution is 5.33. The lowest BCUT2D eigenvalue weighted by molar-refractivity contribution is 0.132. The van der Waals surface area contributed by atoms with E-state index in [0.717, 1.165) is 18.4 Å². The van der Waals surface area contributed by atoms with Gasteiger partial charge >= 0.3 is 0 Å². The van der Waals surface area contributed by atoms with Crippen LogP contribution in [-0.4, -0.2) is 30.1 Å². The van der Waals surface area contributed by atoms with Crippen LogP contribution in [0.5, 0.6) is 0 Å². The summed E-state index contributed by atoms with van der Waals surface area (Å²) in [6, 6.07) is 6.71. The molecule has 2 saturated heterocycles. The number of nitrogens with zero attached hydrogens (tertiary/aromatic N) is 1. The molecule has 2 unspecified atom stereocenters. The van der Waals surface area contributed by atoms with Crippen molar-refractivity contribution in [2.24, 2.45) is 11.8 Å². The lowest BCUT2D eigenvalue weighted by atomic mass is 9.84. The van der Waals surface area contributed by atoms with E-state index in [1.54, 1.807) is 0 Å². The molecule has 0 radical (unpaired) electrons. The smallest absolute Gasteiger partial charge is 0.0242 e. The van der Waals surface area contributed by atoms with Crippen molar-refractivity contribution in [1.29, 1.82) is 0 Å². The minimum absolute atomic E-state index is 0.324. The highest BCUT2D eigenvalue weighted by Gasteiger charge is 2.49. The minimum atomic E-state index is 0.324. The van der Waals surface area contributed by atoms with Crippen LogP contribution in [0.25, 0.3) is 0 Å². The van der Waals surface area contributed by atoms with Crippen molar-refractivity contribution in [2.45, 2.75) is 39.8 Å². The van der Waals surface area contributed by atoms with Crippen molar-refractivity contribution < 1.29 is 0 Å². The molecule has 2 atom stereocenters. The molecule has 2 aliphatic heterocycles. The van der Waals surface area contributed by atoms with Crippen molar-refractivity contribution in [3.05, 3.63) is 34.9 Å². The summed E-state index contributed by atoms with van der Waals surface area (Å²) >= 11 is 0. The fraction of sp³-hybridized carbons (Fsp3) is 0.647. The third-order valence-electron chi connectivity index (χ3n) is 5.60. The molecule has 104 valence electrons. The maximum Gasteiger partial charge on any atom is 0.0242 e. The summed E-state index contributed by atoms with van der Waals surface area (Å²) in [7, 11) is 0. The molecule has 1 aromatic carbocycles. The number of benzene rings is 1. The zero-order valence-corrected chi connectivity index (χ0v) is 12.7. The van der Waals surface area contributed by atoms with E-state index >= 15 is 0 Å². The Labute approximate surface area is 117 Å². The van der Waals surface area contributed by atoms with Crippen LogP contribution >= 0.6 is 0 Å². The van der Waals surface area contributed by atoms with E-state index in [-0.39, 0.29) is 0 Å². The number of hydrogen-bond acceptors (Lipinski definition) is 2. The Hall–Kier alpha value is -0.860. The van der Waals surface area contributed by atoms with Gasteiger partial charge in [-0.15, -0.1) is 0 Å². The molecule has 1 aromatic rings. The van der Waals surface area contributed by atoms with Gasteiger partial charge in [-0.05, 0) is 62.8 Å². The van der Waals surface area contributed by atoms with E-state index in [2.05, 4.69) is 56.1 Å². The molecule has 2 nitrogen and oxygen atoms in total. The molecule has 0 aliphatic carbocycles. The predicted octanol–water partition coefficient (Wildman–Crippen LogP) is 2.73. The predicted molar refractivity (Wildman–Crippen MR) is 80.3 cm³/mol. The number of fused-ring (bicyclic) bond motifs is 1. The molecule has 0 aromatic heterocycles. The molecule has 1 N–H and O–H groups in total. The van der Waals surface area contributed by atoms with Crippen molar-refractivity contribution in [1.82, 2.24) is 10.2 Å². The Kier molecular flexibility index (Phi) is 3.18. The Morgan fingerprint density at radius 2 is 2.05 bits per heavy atom. The highest BCUT2D eigenvalue weighted by Crippen LogP contribution is 2.41. The van der Waals surface area contributed by atoms with E-state index in [4.69, 9.17) is 0 Å². The number of likely N-dealkylation sites (tertiary alicyclic amines) is 1. The first-order chi connectivity index (χ1) is 9.00. The summed E-state index contributed by atoms with van der Waals surface area (Å²) in [6.45, 7) is 14.1. The van der Waals surface area contributed by atoms with Gasteiger partial charge < -0.3 is 5.32 Å². The monoisotopic (exact) mass is 258 g/mol. The molecular weight excluding hydrogens is 232 g/mol. The summed E-state index contributed by atoms with van der Waals surface area (Å²) < 4.78 is 0. The van der Waals surface area contributed by atoms with Crippen molar-refractivity contribution in [3.8, 4) is 0 Å². The van der Waals surface area contributed by atoms with E-state index in [9.17, 15) is 0 Å². The summed E-state index contributed by atoms with van der Waals surface area (Å²) in [5, 5.41) is 3.56. The molecule has 2 fully saturated rings. The average molecular weight is 258 g/mol. The van der Waals surface area contributed by atoms with E-state index in [1.165, 1.54) is 36.3 Å². The van der Waals surface area contributed by atoms with Gasteiger partial charge in [-0.2, -0.15) is 0 Å². The van der Waals surface area contributed by atoms with Gasteiger partial charge in [-0.3, -0.25) is 4.90 Å². The summed E-state index contributed by atoms with van der Waals surface area (Å²) in [6.07, 6.45) is 0. The Morgan fingerprint density at radius 3 is 2.79 bits per heavy atom. The quantitative estimate of drug-likeness (QED) is 0.877. The average Bonchev–Trinajstić information content (AvgIpc) is 2.90. The lowest BCUT2D eigenvalue weighted by Crippen LogP contribution is -2.44. The molecule has 2 heterocycles. The standard InChI is InChI=1S/C17H26N2/c1-12-6-5-7-14(13(12)2)10-19-11-15-8-18-9-16(15)17(19,3)4/h5-7,15-16,18H,8-11H2,1-4H3. The van der Waals surface area contributed by atoms with Crippen LogP contribution in [0.1, 0.15) is 30.5 Å². The molecule has 0 spiro atoms. The largest absolute Gasteiger partial charge is 0.316 e. The van der Waals surface area contributed by atoms with Gasteiger partial charge in [0.2, 0.25) is 0 Å². The maximum absolute atomic E-state index is 3.56. The highest BCUT2D eigenvalue weighted by atomic mass is 15.2. The number of nitrogens with one attached hydrogen (secondary N) is 1. The third-order valence-corrected chi connectivity index (χ3v) is 5.60. The topological polar surface area (TPSA) is 15.3 Å². The van der Waals surface area contributed by atoms with Gasteiger partial charge in [0.25, 0.3) is 0 Å². The molecule has 2 aliphatic rings. The molecule has 2 heteroatoms. The SMILES string of the molecule is Cc1cccc(CN2CC3CNCC3C2(C)C)c1C. The van der Waals surface area contributed by atoms with Crippen molar-refractivity contribution in [3.63, 3.8) is 0 Å². The van der Waals surface area contributed by atoms with Crippen LogP contribution in [-0.2, 0) is 6.54 Å². The van der Waals surface area contributed by atoms with E-state index < -0.39 is 0 Å². The summed E-state index contributed by atoms with van der Waals surface area (Å²) in [5.41, 5.74) is 4.70. The molecule has 3 rings (SSSR count). The van der Waals surface area contributed by atoms with Crippen molar-refractivity contribution >= 4 is 0 Å².